The summed E-state index contributed by atoms with van der Waals surface area (Å²) in [5.74, 6) is 0. The molecule has 0 atom stereocenters. The molecule has 0 aromatic heterocycles. The van der Waals surface area contributed by atoms with Crippen LogP contribution >= 0.6 is 0 Å². The Labute approximate surface area is 136 Å². The molecule has 2 nitrogen and oxygen atoms in total. The van der Waals surface area contributed by atoms with Crippen molar-refractivity contribution in [1.82, 2.24) is 0 Å². The van der Waals surface area contributed by atoms with E-state index in [0.29, 0.717) is 0 Å². The Morgan fingerprint density at radius 2 is 0.870 bits per heavy atom. The summed E-state index contributed by atoms with van der Waals surface area (Å²) in [5, 5.41) is 0. The van der Waals surface area contributed by atoms with Gasteiger partial charge in [-0.15, -0.1) is 0 Å². The molecule has 0 aliphatic heterocycles. The first-order valence-corrected chi connectivity index (χ1v) is 8.00. The van der Waals surface area contributed by atoms with Gasteiger partial charge in [0, 0.05) is 11.4 Å². The number of rotatable bonds is 0. The average Bonchev–Trinajstić information content (AvgIpc) is 2.59. The van der Waals surface area contributed by atoms with Crippen molar-refractivity contribution in [2.45, 2.75) is 19.3 Å². The Bertz CT molecular complexity index is 808. The lowest BCUT2D eigenvalue weighted by Gasteiger charge is -2.12. The molecule has 0 amide bonds. The zero-order chi connectivity index (χ0) is 15.8. The van der Waals surface area contributed by atoms with E-state index in [-0.39, 0.29) is 0 Å². The van der Waals surface area contributed by atoms with Crippen LogP contribution in [0.15, 0.2) is 60.7 Å². The van der Waals surface area contributed by atoms with Crippen molar-refractivity contribution in [3.8, 4) is 0 Å². The lowest BCUT2D eigenvalue weighted by molar-refractivity contribution is 1.10. The smallest absolute Gasteiger partial charge is 0.0317 e. The van der Waals surface area contributed by atoms with Crippen molar-refractivity contribution in [3.05, 3.63) is 94.0 Å². The summed E-state index contributed by atoms with van der Waals surface area (Å²) in [7, 11) is 0. The summed E-state index contributed by atoms with van der Waals surface area (Å²) in [6, 6.07) is 21.3. The number of anilines is 2. The van der Waals surface area contributed by atoms with Gasteiger partial charge >= 0.3 is 0 Å². The molecule has 23 heavy (non-hydrogen) atoms. The van der Waals surface area contributed by atoms with Crippen molar-refractivity contribution >= 4 is 11.4 Å². The van der Waals surface area contributed by atoms with Crippen molar-refractivity contribution in [3.63, 3.8) is 0 Å². The lowest BCUT2D eigenvalue weighted by Crippen LogP contribution is -2.00. The van der Waals surface area contributed by atoms with Crippen molar-refractivity contribution in [1.29, 1.82) is 0 Å². The van der Waals surface area contributed by atoms with Crippen molar-refractivity contribution in [2.75, 3.05) is 11.5 Å². The van der Waals surface area contributed by atoms with Crippen LogP contribution in [-0.2, 0) is 19.3 Å². The molecule has 3 aromatic rings. The average molecular weight is 300 g/mol. The molecule has 1 aliphatic carbocycles. The summed E-state index contributed by atoms with van der Waals surface area (Å²) in [4.78, 5) is 0. The van der Waals surface area contributed by atoms with Gasteiger partial charge in [-0.05, 0) is 76.9 Å². The van der Waals surface area contributed by atoms with E-state index >= 15 is 0 Å². The maximum Gasteiger partial charge on any atom is 0.0317 e. The van der Waals surface area contributed by atoms with Gasteiger partial charge in [0.05, 0.1) is 0 Å². The van der Waals surface area contributed by atoms with Crippen LogP contribution in [0.4, 0.5) is 11.4 Å². The van der Waals surface area contributed by atoms with Gasteiger partial charge in [-0.2, -0.15) is 0 Å². The highest BCUT2D eigenvalue weighted by molar-refractivity contribution is 5.53. The predicted octanol–water partition coefficient (Wildman–Crippen LogP) is 3.94. The van der Waals surface area contributed by atoms with E-state index in [0.717, 1.165) is 30.6 Å². The van der Waals surface area contributed by atoms with Gasteiger partial charge in [0.15, 0.2) is 0 Å². The Morgan fingerprint density at radius 3 is 1.35 bits per heavy atom. The standard InChI is InChI=1S/C21H20N2/c22-20-7-5-16-9-14-3-1-2-4-15(14)10-17-6-8-21(23)13-19(17)11-18(16)12-20/h1-8,12-13H,9-11,22-23H2. The number of nitrogens with two attached hydrogens (primary N) is 2. The molecule has 0 unspecified atom stereocenters. The van der Waals surface area contributed by atoms with E-state index in [9.17, 15) is 0 Å². The minimum absolute atomic E-state index is 0.821. The summed E-state index contributed by atoms with van der Waals surface area (Å²) >= 11 is 0. The molecule has 4 N–H and O–H groups in total. The largest absolute Gasteiger partial charge is 0.399 e. The van der Waals surface area contributed by atoms with E-state index < -0.39 is 0 Å². The second-order valence-electron chi connectivity index (χ2n) is 6.36. The first kappa shape index (κ1) is 13.9. The highest BCUT2D eigenvalue weighted by Crippen LogP contribution is 2.29. The fraction of sp³-hybridized carbons (Fsp3) is 0.143. The monoisotopic (exact) mass is 300 g/mol. The van der Waals surface area contributed by atoms with Gasteiger partial charge in [0.25, 0.3) is 0 Å². The van der Waals surface area contributed by atoms with Crippen LogP contribution in [0, 0.1) is 0 Å². The Hall–Kier alpha value is -2.74. The van der Waals surface area contributed by atoms with E-state index in [1.54, 1.807) is 0 Å². The molecule has 2 heteroatoms. The minimum Gasteiger partial charge on any atom is -0.399 e. The fourth-order valence-corrected chi connectivity index (χ4v) is 3.48. The van der Waals surface area contributed by atoms with Crippen LogP contribution in [0.2, 0.25) is 0 Å². The summed E-state index contributed by atoms with van der Waals surface area (Å²) in [5.41, 5.74) is 21.8. The fourth-order valence-electron chi connectivity index (χ4n) is 3.48. The minimum atomic E-state index is 0.821. The molecule has 0 fully saturated rings. The first-order chi connectivity index (χ1) is 11.2. The van der Waals surface area contributed by atoms with E-state index in [2.05, 4.69) is 48.5 Å². The molecule has 114 valence electrons. The highest BCUT2D eigenvalue weighted by atomic mass is 14.5. The van der Waals surface area contributed by atoms with Crippen LogP contribution in [0.1, 0.15) is 33.4 Å². The highest BCUT2D eigenvalue weighted by Gasteiger charge is 2.15. The molecular formula is C21H20N2. The predicted molar refractivity (Wildman–Crippen MR) is 96.6 cm³/mol. The first-order valence-electron chi connectivity index (χ1n) is 8.00. The zero-order valence-electron chi connectivity index (χ0n) is 13.0. The van der Waals surface area contributed by atoms with Crippen LogP contribution < -0.4 is 11.5 Å². The summed E-state index contributed by atoms with van der Waals surface area (Å²) in [6.45, 7) is 0. The Morgan fingerprint density at radius 1 is 0.478 bits per heavy atom. The zero-order valence-corrected chi connectivity index (χ0v) is 13.0. The maximum absolute atomic E-state index is 6.03. The lowest BCUT2D eigenvalue weighted by atomic mass is 9.94. The Balaban J connectivity index is 1.95. The van der Waals surface area contributed by atoms with Gasteiger partial charge < -0.3 is 11.5 Å². The van der Waals surface area contributed by atoms with Gasteiger partial charge in [-0.25, -0.2) is 0 Å². The van der Waals surface area contributed by atoms with Gasteiger partial charge in [0.1, 0.15) is 0 Å². The van der Waals surface area contributed by atoms with Crippen LogP contribution in [-0.4, -0.2) is 0 Å². The third kappa shape index (κ3) is 2.68. The van der Waals surface area contributed by atoms with E-state index in [1.807, 2.05) is 12.1 Å². The normalized spacial score (nSPS) is 13.0. The molecule has 0 radical (unpaired) electrons. The molecule has 0 bridgehead atoms. The molecule has 0 spiro atoms. The van der Waals surface area contributed by atoms with Crippen LogP contribution in [0.5, 0.6) is 0 Å². The van der Waals surface area contributed by atoms with E-state index in [1.165, 1.54) is 33.4 Å². The number of fused-ring (bicyclic) bond motifs is 3. The number of hydrogen-bond donors (Lipinski definition) is 2. The SMILES string of the molecule is Nc1ccc2c(c1)Cc1cc(N)ccc1Cc1ccccc1C2. The van der Waals surface area contributed by atoms with Gasteiger partial charge in [-0.3, -0.25) is 0 Å². The Kier molecular flexibility index (Phi) is 3.30. The van der Waals surface area contributed by atoms with E-state index in [4.69, 9.17) is 11.5 Å². The van der Waals surface area contributed by atoms with Gasteiger partial charge in [0.2, 0.25) is 0 Å². The second-order valence-corrected chi connectivity index (χ2v) is 6.36. The third-order valence-corrected chi connectivity index (χ3v) is 4.72. The molecule has 0 saturated carbocycles. The summed E-state index contributed by atoms with van der Waals surface area (Å²) < 4.78 is 0. The molecule has 1 aliphatic rings. The molecule has 3 aromatic carbocycles. The molecule has 0 heterocycles. The van der Waals surface area contributed by atoms with Crippen molar-refractivity contribution in [2.24, 2.45) is 0 Å². The molecular weight excluding hydrogens is 280 g/mol. The van der Waals surface area contributed by atoms with Crippen LogP contribution in [0.3, 0.4) is 0 Å². The van der Waals surface area contributed by atoms with Gasteiger partial charge in [-0.1, -0.05) is 36.4 Å². The topological polar surface area (TPSA) is 52.0 Å². The number of nitrogen functional groups attached to an aromatic ring is 2. The maximum atomic E-state index is 6.03. The quantitative estimate of drug-likeness (QED) is 0.483. The third-order valence-electron chi connectivity index (χ3n) is 4.72. The molecule has 0 saturated heterocycles. The van der Waals surface area contributed by atoms with Crippen LogP contribution in [0.25, 0.3) is 0 Å². The van der Waals surface area contributed by atoms with Crippen molar-refractivity contribution < 1.29 is 0 Å². The number of hydrogen-bond acceptors (Lipinski definition) is 2. The number of benzene rings is 3. The molecule has 4 rings (SSSR count). The second kappa shape index (κ2) is 5.47. The summed E-state index contributed by atoms with van der Waals surface area (Å²) in [6.07, 6.45) is 2.79.